The molecule has 0 aliphatic carbocycles. The number of hydrogen-bond donors (Lipinski definition) is 2. The Hall–Kier alpha value is -0.630. The van der Waals surface area contributed by atoms with Crippen LogP contribution in [0, 0.1) is 0 Å². The van der Waals surface area contributed by atoms with E-state index in [1.165, 1.54) is 0 Å². The van der Waals surface area contributed by atoms with Gasteiger partial charge in [0.1, 0.15) is 10.6 Å². The summed E-state index contributed by atoms with van der Waals surface area (Å²) in [6, 6.07) is 4.91. The number of sulfonamides is 1. The van der Waals surface area contributed by atoms with E-state index in [1.54, 1.807) is 18.2 Å². The van der Waals surface area contributed by atoms with Gasteiger partial charge in [-0.1, -0.05) is 15.9 Å². The van der Waals surface area contributed by atoms with Gasteiger partial charge in [-0.2, -0.15) is 0 Å². The Labute approximate surface area is 153 Å². The molecule has 0 aromatic heterocycles. The molecular formula is C17H28BrN2O3S+. The zero-order chi connectivity index (χ0) is 18.2. The molecule has 1 fully saturated rings. The lowest BCUT2D eigenvalue weighted by Crippen LogP contribution is -3.06. The van der Waals surface area contributed by atoms with Crippen LogP contribution in [-0.4, -0.2) is 32.1 Å². The molecule has 1 aromatic rings. The van der Waals surface area contributed by atoms with Crippen LogP contribution in [0.1, 0.15) is 47.5 Å². The maximum absolute atomic E-state index is 12.9. The summed E-state index contributed by atoms with van der Waals surface area (Å²) < 4.78 is 35.0. The fourth-order valence-corrected chi connectivity index (χ4v) is 5.56. The van der Waals surface area contributed by atoms with Crippen molar-refractivity contribution >= 4 is 26.0 Å². The minimum Gasteiger partial charge on any atom is -0.492 e. The van der Waals surface area contributed by atoms with Crippen LogP contribution in [0.2, 0.25) is 0 Å². The highest BCUT2D eigenvalue weighted by molar-refractivity contribution is 9.10. The highest BCUT2D eigenvalue weighted by atomic mass is 79.9. The summed E-state index contributed by atoms with van der Waals surface area (Å²) in [7, 11) is -3.64. The van der Waals surface area contributed by atoms with Crippen LogP contribution in [0.25, 0.3) is 0 Å². The van der Waals surface area contributed by atoms with Gasteiger partial charge in [-0.3, -0.25) is 0 Å². The molecule has 5 nitrogen and oxygen atoms in total. The van der Waals surface area contributed by atoms with Gasteiger partial charge in [-0.25, -0.2) is 13.1 Å². The number of rotatable bonds is 5. The van der Waals surface area contributed by atoms with E-state index < -0.39 is 10.0 Å². The first-order chi connectivity index (χ1) is 10.9. The van der Waals surface area contributed by atoms with E-state index in [4.69, 9.17) is 4.74 Å². The van der Waals surface area contributed by atoms with Crippen molar-refractivity contribution in [3.63, 3.8) is 0 Å². The third-order valence-electron chi connectivity index (χ3n) is 4.14. The normalized spacial score (nSPS) is 20.8. The fourth-order valence-electron chi connectivity index (χ4n) is 3.86. The molecule has 24 heavy (non-hydrogen) atoms. The van der Waals surface area contributed by atoms with Crippen molar-refractivity contribution in [1.82, 2.24) is 4.72 Å². The van der Waals surface area contributed by atoms with Crippen molar-refractivity contribution in [3.05, 3.63) is 22.7 Å². The summed E-state index contributed by atoms with van der Waals surface area (Å²) >= 11 is 3.36. The second-order valence-corrected chi connectivity index (χ2v) is 10.5. The highest BCUT2D eigenvalue weighted by Crippen LogP contribution is 2.29. The van der Waals surface area contributed by atoms with Crippen molar-refractivity contribution in [2.45, 2.75) is 69.5 Å². The minimum absolute atomic E-state index is 0.00258. The van der Waals surface area contributed by atoms with E-state index >= 15 is 0 Å². The first-order valence-corrected chi connectivity index (χ1v) is 10.5. The van der Waals surface area contributed by atoms with Crippen molar-refractivity contribution in [1.29, 1.82) is 0 Å². The molecular weight excluding hydrogens is 392 g/mol. The first kappa shape index (κ1) is 19.7. The van der Waals surface area contributed by atoms with Gasteiger partial charge in [0.05, 0.1) is 17.7 Å². The van der Waals surface area contributed by atoms with Crippen LogP contribution in [0.15, 0.2) is 27.6 Å². The van der Waals surface area contributed by atoms with Gasteiger partial charge in [0, 0.05) is 23.4 Å². The van der Waals surface area contributed by atoms with Gasteiger partial charge in [0.2, 0.25) is 10.0 Å². The lowest BCUT2D eigenvalue weighted by atomic mass is 9.80. The van der Waals surface area contributed by atoms with Gasteiger partial charge in [-0.05, 0) is 52.8 Å². The van der Waals surface area contributed by atoms with Gasteiger partial charge < -0.3 is 10.1 Å². The Morgan fingerprint density at radius 3 is 2.38 bits per heavy atom. The molecule has 2 rings (SSSR count). The maximum atomic E-state index is 12.9. The third-order valence-corrected chi connectivity index (χ3v) is 6.20. The summed E-state index contributed by atoms with van der Waals surface area (Å²) in [5.41, 5.74) is -0.00516. The number of hydrogen-bond acceptors (Lipinski definition) is 3. The summed E-state index contributed by atoms with van der Waals surface area (Å²) in [6.45, 7) is 10.9. The van der Waals surface area contributed by atoms with Gasteiger partial charge in [0.25, 0.3) is 0 Å². The monoisotopic (exact) mass is 419 g/mol. The molecule has 0 atom stereocenters. The molecule has 0 spiro atoms. The third kappa shape index (κ3) is 4.94. The van der Waals surface area contributed by atoms with Crippen LogP contribution in [-0.2, 0) is 10.0 Å². The second kappa shape index (κ2) is 6.94. The summed E-state index contributed by atoms with van der Waals surface area (Å²) in [5.74, 6) is 0.375. The molecule has 0 bridgehead atoms. The number of nitrogens with two attached hydrogens (primary N) is 1. The average Bonchev–Trinajstić information content (AvgIpc) is 2.33. The van der Waals surface area contributed by atoms with Crippen LogP contribution < -0.4 is 14.8 Å². The Balaban J connectivity index is 2.29. The minimum atomic E-state index is -3.64. The molecule has 3 N–H and O–H groups in total. The summed E-state index contributed by atoms with van der Waals surface area (Å²) in [6.07, 6.45) is 1.58. The standard InChI is InChI=1S/C17H27BrN2O3S/c1-6-23-14-9-12(18)7-8-15(14)24(21,22)19-13-10-16(2,3)20-17(4,5)11-13/h7-9,13,19-20H,6,10-11H2,1-5H3/p+1. The van der Waals surface area contributed by atoms with Crippen molar-refractivity contribution in [2.75, 3.05) is 6.61 Å². The molecule has 1 aliphatic rings. The predicted molar refractivity (Wildman–Crippen MR) is 98.7 cm³/mol. The maximum Gasteiger partial charge on any atom is 0.244 e. The lowest BCUT2D eigenvalue weighted by molar-refractivity contribution is -0.787. The molecule has 136 valence electrons. The predicted octanol–water partition coefficient (Wildman–Crippen LogP) is 2.41. The Kier molecular flexibility index (Phi) is 5.69. The van der Waals surface area contributed by atoms with Crippen LogP contribution >= 0.6 is 15.9 Å². The molecule has 1 heterocycles. The van der Waals surface area contributed by atoms with E-state index in [2.05, 4.69) is 53.7 Å². The number of piperidine rings is 1. The zero-order valence-electron chi connectivity index (χ0n) is 15.0. The van der Waals surface area contributed by atoms with E-state index in [0.717, 1.165) is 17.3 Å². The topological polar surface area (TPSA) is 72.0 Å². The quantitative estimate of drug-likeness (QED) is 0.769. The fraction of sp³-hybridized carbons (Fsp3) is 0.647. The Bertz CT molecular complexity index is 686. The van der Waals surface area contributed by atoms with Crippen LogP contribution in [0.3, 0.4) is 0 Å². The van der Waals surface area contributed by atoms with E-state index in [0.29, 0.717) is 12.4 Å². The molecule has 0 unspecified atom stereocenters. The van der Waals surface area contributed by atoms with Crippen molar-refractivity contribution in [2.24, 2.45) is 0 Å². The SMILES string of the molecule is CCOc1cc(Br)ccc1S(=O)(=O)NC1CC(C)(C)[NH2+]C(C)(C)C1. The Morgan fingerprint density at radius 2 is 1.83 bits per heavy atom. The molecule has 0 amide bonds. The van der Waals surface area contributed by atoms with Crippen LogP contribution in [0.4, 0.5) is 0 Å². The zero-order valence-corrected chi connectivity index (χ0v) is 17.4. The molecule has 0 radical (unpaired) electrons. The number of halogens is 1. The summed E-state index contributed by atoms with van der Waals surface area (Å²) in [5, 5.41) is 2.33. The van der Waals surface area contributed by atoms with Crippen LogP contribution in [0.5, 0.6) is 5.75 Å². The van der Waals surface area contributed by atoms with Gasteiger partial charge in [0.15, 0.2) is 0 Å². The van der Waals surface area contributed by atoms with Crippen molar-refractivity contribution in [3.8, 4) is 5.75 Å². The largest absolute Gasteiger partial charge is 0.492 e. The first-order valence-electron chi connectivity index (χ1n) is 8.26. The van der Waals surface area contributed by atoms with E-state index in [1.807, 2.05) is 6.92 Å². The number of ether oxygens (including phenoxy) is 1. The molecule has 7 heteroatoms. The van der Waals surface area contributed by atoms with E-state index in [9.17, 15) is 8.42 Å². The molecule has 1 saturated heterocycles. The number of benzene rings is 1. The number of nitrogens with one attached hydrogen (secondary N) is 1. The van der Waals surface area contributed by atoms with Crippen molar-refractivity contribution < 1.29 is 18.5 Å². The lowest BCUT2D eigenvalue weighted by Gasteiger charge is -2.43. The number of quaternary nitrogens is 1. The summed E-state index contributed by atoms with van der Waals surface area (Å²) in [4.78, 5) is 0.192. The van der Waals surface area contributed by atoms with Gasteiger partial charge >= 0.3 is 0 Å². The Morgan fingerprint density at radius 1 is 1.25 bits per heavy atom. The smallest absolute Gasteiger partial charge is 0.244 e. The second-order valence-electron chi connectivity index (χ2n) is 7.87. The molecule has 1 aromatic carbocycles. The van der Waals surface area contributed by atoms with E-state index in [-0.39, 0.29) is 22.0 Å². The molecule has 1 aliphatic heterocycles. The molecule has 0 saturated carbocycles. The van der Waals surface area contributed by atoms with Gasteiger partial charge in [-0.15, -0.1) is 0 Å². The highest BCUT2D eigenvalue weighted by Gasteiger charge is 2.43. The average molecular weight is 420 g/mol.